The highest BCUT2D eigenvalue weighted by Gasteiger charge is 2.16. The van der Waals surface area contributed by atoms with Crippen LogP contribution in [0.15, 0.2) is 83.7 Å². The maximum absolute atomic E-state index is 13.4. The summed E-state index contributed by atoms with van der Waals surface area (Å²) in [7, 11) is 1.63. The van der Waals surface area contributed by atoms with Crippen LogP contribution in [0.1, 0.15) is 33.1 Å². The number of methoxy groups -OCH3 is 1. The maximum atomic E-state index is 13.4. The Balaban J connectivity index is 1.45. The number of aromatic nitrogens is 2. The largest absolute Gasteiger partial charge is 0.497 e. The lowest BCUT2D eigenvalue weighted by molar-refractivity contribution is 0.0945. The number of oxazole rings is 1. The molecule has 1 N–H and O–H groups in total. The molecule has 0 aliphatic carbocycles. The van der Waals surface area contributed by atoms with Gasteiger partial charge in [0.2, 0.25) is 5.89 Å². The van der Waals surface area contributed by atoms with Crippen LogP contribution >= 0.6 is 0 Å². The van der Waals surface area contributed by atoms with Crippen LogP contribution in [0.2, 0.25) is 0 Å². The summed E-state index contributed by atoms with van der Waals surface area (Å²) >= 11 is 0. The molecular weight excluding hydrogens is 435 g/mol. The second-order valence-corrected chi connectivity index (χ2v) is 7.79. The first-order valence-electron chi connectivity index (χ1n) is 10.8. The standard InChI is InChI=1S/C26H25FN4O3/c1-33-23-4-2-3-21(13-23)16-31(15-20-5-7-22(27)8-6-20)17-25-30-24(18-34-25)26(32)29-14-19-9-11-28-12-10-19/h2-13,18H,14-17H2,1H3,(H,29,32). The lowest BCUT2D eigenvalue weighted by Gasteiger charge is -2.21. The first kappa shape index (κ1) is 23.1. The molecule has 8 heteroatoms. The summed E-state index contributed by atoms with van der Waals surface area (Å²) < 4.78 is 24.3. The van der Waals surface area contributed by atoms with Crippen molar-refractivity contribution in [2.75, 3.05) is 7.11 Å². The van der Waals surface area contributed by atoms with Gasteiger partial charge in [0.1, 0.15) is 17.8 Å². The van der Waals surface area contributed by atoms with Crippen molar-refractivity contribution in [3.63, 3.8) is 0 Å². The van der Waals surface area contributed by atoms with E-state index in [1.54, 1.807) is 31.6 Å². The Labute approximate surface area is 197 Å². The van der Waals surface area contributed by atoms with E-state index in [4.69, 9.17) is 9.15 Å². The summed E-state index contributed by atoms with van der Waals surface area (Å²) in [5.74, 6) is 0.588. The topological polar surface area (TPSA) is 80.5 Å². The summed E-state index contributed by atoms with van der Waals surface area (Å²) in [5.41, 5.74) is 3.15. The average molecular weight is 461 g/mol. The Morgan fingerprint density at radius 3 is 2.53 bits per heavy atom. The molecule has 0 unspecified atom stereocenters. The van der Waals surface area contributed by atoms with Crippen molar-refractivity contribution in [1.82, 2.24) is 20.2 Å². The van der Waals surface area contributed by atoms with Gasteiger partial charge in [-0.1, -0.05) is 24.3 Å². The van der Waals surface area contributed by atoms with Crippen molar-refractivity contribution in [2.24, 2.45) is 0 Å². The summed E-state index contributed by atoms with van der Waals surface area (Å²) in [6, 6.07) is 17.8. The van der Waals surface area contributed by atoms with Crippen molar-refractivity contribution >= 4 is 5.91 Å². The van der Waals surface area contributed by atoms with E-state index >= 15 is 0 Å². The molecule has 4 aromatic rings. The van der Waals surface area contributed by atoms with Gasteiger partial charge in [0, 0.05) is 32.0 Å². The number of amides is 1. The smallest absolute Gasteiger partial charge is 0.273 e. The van der Waals surface area contributed by atoms with Gasteiger partial charge in [0.25, 0.3) is 5.91 Å². The predicted octanol–water partition coefficient (Wildman–Crippen LogP) is 4.35. The van der Waals surface area contributed by atoms with E-state index in [0.29, 0.717) is 32.1 Å². The molecule has 0 bridgehead atoms. The number of rotatable bonds is 10. The molecule has 0 aliphatic rings. The molecule has 0 fully saturated rings. The number of halogens is 1. The number of benzene rings is 2. The van der Waals surface area contributed by atoms with Crippen LogP contribution in [0, 0.1) is 5.82 Å². The maximum Gasteiger partial charge on any atom is 0.273 e. The zero-order chi connectivity index (χ0) is 23.8. The number of hydrogen-bond donors (Lipinski definition) is 1. The summed E-state index contributed by atoms with van der Waals surface area (Å²) in [5, 5.41) is 2.83. The lowest BCUT2D eigenvalue weighted by Crippen LogP contribution is -2.24. The molecule has 34 heavy (non-hydrogen) atoms. The van der Waals surface area contributed by atoms with Crippen LogP contribution in [0.3, 0.4) is 0 Å². The minimum Gasteiger partial charge on any atom is -0.497 e. The van der Waals surface area contributed by atoms with Gasteiger partial charge in [0.05, 0.1) is 13.7 Å². The molecule has 0 radical (unpaired) electrons. The van der Waals surface area contributed by atoms with Crippen molar-refractivity contribution in [1.29, 1.82) is 0 Å². The molecule has 2 aromatic carbocycles. The third-order valence-electron chi connectivity index (χ3n) is 5.21. The first-order chi connectivity index (χ1) is 16.6. The van der Waals surface area contributed by atoms with Gasteiger partial charge in [-0.3, -0.25) is 14.7 Å². The number of ether oxygens (including phenoxy) is 1. The second kappa shape index (κ2) is 11.2. The molecule has 7 nitrogen and oxygen atoms in total. The van der Waals surface area contributed by atoms with E-state index in [0.717, 1.165) is 22.4 Å². The molecule has 2 heterocycles. The fourth-order valence-corrected chi connectivity index (χ4v) is 3.50. The van der Waals surface area contributed by atoms with Crippen molar-refractivity contribution < 1.29 is 18.3 Å². The number of carbonyl (C=O) groups excluding carboxylic acids is 1. The molecule has 4 rings (SSSR count). The number of nitrogens with zero attached hydrogens (tertiary/aromatic N) is 3. The Hall–Kier alpha value is -4.04. The molecule has 0 spiro atoms. The van der Waals surface area contributed by atoms with Crippen LogP contribution in [-0.2, 0) is 26.2 Å². The fourth-order valence-electron chi connectivity index (χ4n) is 3.50. The highest BCUT2D eigenvalue weighted by atomic mass is 19.1. The summed E-state index contributed by atoms with van der Waals surface area (Å²) in [6.07, 6.45) is 4.71. The van der Waals surface area contributed by atoms with Crippen LogP contribution < -0.4 is 10.1 Å². The Bertz CT molecular complexity index is 1210. The Morgan fingerprint density at radius 2 is 1.76 bits per heavy atom. The summed E-state index contributed by atoms with van der Waals surface area (Å²) in [4.78, 5) is 22.9. The van der Waals surface area contributed by atoms with Crippen molar-refractivity contribution in [3.8, 4) is 5.75 Å². The highest BCUT2D eigenvalue weighted by molar-refractivity contribution is 5.91. The average Bonchev–Trinajstić information content (AvgIpc) is 3.33. The minimum atomic E-state index is -0.315. The zero-order valence-corrected chi connectivity index (χ0v) is 18.8. The van der Waals surface area contributed by atoms with E-state index in [9.17, 15) is 9.18 Å². The molecule has 0 atom stereocenters. The van der Waals surface area contributed by atoms with E-state index in [1.165, 1.54) is 18.4 Å². The monoisotopic (exact) mass is 460 g/mol. The normalized spacial score (nSPS) is 10.9. The van der Waals surface area contributed by atoms with Crippen LogP contribution in [-0.4, -0.2) is 27.9 Å². The second-order valence-electron chi connectivity index (χ2n) is 7.79. The quantitative estimate of drug-likeness (QED) is 0.379. The molecule has 1 amide bonds. The van der Waals surface area contributed by atoms with Gasteiger partial charge in [-0.2, -0.15) is 0 Å². The molecule has 2 aromatic heterocycles. The molecule has 174 valence electrons. The third kappa shape index (κ3) is 6.49. The fraction of sp³-hybridized carbons (Fsp3) is 0.192. The van der Waals surface area contributed by atoms with E-state index in [2.05, 4.69) is 20.2 Å². The number of hydrogen-bond acceptors (Lipinski definition) is 6. The Kier molecular flexibility index (Phi) is 7.62. The van der Waals surface area contributed by atoms with Gasteiger partial charge in [-0.15, -0.1) is 0 Å². The highest BCUT2D eigenvalue weighted by Crippen LogP contribution is 2.18. The van der Waals surface area contributed by atoms with Crippen LogP contribution in [0.4, 0.5) is 4.39 Å². The number of carbonyl (C=O) groups is 1. The first-order valence-corrected chi connectivity index (χ1v) is 10.8. The van der Waals surface area contributed by atoms with Crippen LogP contribution in [0.25, 0.3) is 0 Å². The third-order valence-corrected chi connectivity index (χ3v) is 5.21. The molecule has 0 aliphatic heterocycles. The Morgan fingerprint density at radius 1 is 1.00 bits per heavy atom. The minimum absolute atomic E-state index is 0.215. The summed E-state index contributed by atoms with van der Waals surface area (Å²) in [6.45, 7) is 1.87. The number of nitrogens with one attached hydrogen (secondary N) is 1. The molecule has 0 saturated carbocycles. The van der Waals surface area contributed by atoms with Gasteiger partial charge in [0.15, 0.2) is 5.69 Å². The van der Waals surface area contributed by atoms with Gasteiger partial charge >= 0.3 is 0 Å². The predicted molar refractivity (Wildman–Crippen MR) is 124 cm³/mol. The van der Waals surface area contributed by atoms with Crippen LogP contribution in [0.5, 0.6) is 5.75 Å². The molecular formula is C26H25FN4O3. The van der Waals surface area contributed by atoms with Gasteiger partial charge in [-0.25, -0.2) is 9.37 Å². The van der Waals surface area contributed by atoms with E-state index in [-0.39, 0.29) is 17.4 Å². The van der Waals surface area contributed by atoms with E-state index < -0.39 is 0 Å². The SMILES string of the molecule is COc1cccc(CN(Cc2ccc(F)cc2)Cc2nc(C(=O)NCc3ccncc3)co2)c1. The zero-order valence-electron chi connectivity index (χ0n) is 18.8. The van der Waals surface area contributed by atoms with E-state index in [1.807, 2.05) is 36.4 Å². The van der Waals surface area contributed by atoms with Gasteiger partial charge in [-0.05, 0) is 53.1 Å². The molecule has 0 saturated heterocycles. The van der Waals surface area contributed by atoms with Crippen molar-refractivity contribution in [3.05, 3.63) is 113 Å². The number of pyridine rings is 1. The van der Waals surface area contributed by atoms with Gasteiger partial charge < -0.3 is 14.5 Å². The lowest BCUT2D eigenvalue weighted by atomic mass is 10.1. The van der Waals surface area contributed by atoms with Crippen molar-refractivity contribution in [2.45, 2.75) is 26.2 Å².